The van der Waals surface area contributed by atoms with E-state index in [1.807, 2.05) is 12.1 Å². The minimum Gasteiger partial charge on any atom is -0.454 e. The van der Waals surface area contributed by atoms with Crippen LogP contribution in [0.5, 0.6) is 11.5 Å². The molecule has 0 saturated carbocycles. The monoisotopic (exact) mass is 340 g/mol. The molecule has 2 N–H and O–H groups in total. The van der Waals surface area contributed by atoms with Crippen molar-refractivity contribution in [3.05, 3.63) is 59.2 Å². The normalized spacial score (nSPS) is 11.9. The summed E-state index contributed by atoms with van der Waals surface area (Å²) in [7, 11) is 0. The first-order chi connectivity index (χ1) is 12.2. The molecule has 0 bridgehead atoms. The van der Waals surface area contributed by atoms with Gasteiger partial charge in [-0.25, -0.2) is 0 Å². The molecule has 0 saturated heterocycles. The van der Waals surface area contributed by atoms with Gasteiger partial charge in [-0.3, -0.25) is 20.4 Å². The summed E-state index contributed by atoms with van der Waals surface area (Å²) in [5.74, 6) is 0.483. The Morgan fingerprint density at radius 1 is 0.960 bits per heavy atom. The lowest BCUT2D eigenvalue weighted by Crippen LogP contribution is -2.41. The minimum atomic E-state index is -0.404. The van der Waals surface area contributed by atoms with E-state index in [2.05, 4.69) is 29.9 Å². The zero-order valence-corrected chi connectivity index (χ0v) is 14.0. The number of carbonyl (C=O) groups is 2. The maximum atomic E-state index is 12.1. The highest BCUT2D eigenvalue weighted by Gasteiger charge is 2.16. The maximum absolute atomic E-state index is 12.1. The molecule has 1 aliphatic rings. The van der Waals surface area contributed by atoms with E-state index in [1.54, 1.807) is 18.2 Å². The fourth-order valence-corrected chi connectivity index (χ4v) is 2.50. The van der Waals surface area contributed by atoms with E-state index in [9.17, 15) is 9.59 Å². The molecule has 3 rings (SSSR count). The number of amides is 2. The van der Waals surface area contributed by atoms with Crippen molar-refractivity contribution in [2.45, 2.75) is 26.2 Å². The standard InChI is InChI=1S/C19H20N2O4/c1-2-13-3-5-14(6-4-13)7-10-18(22)20-21-19(23)15-8-9-16-17(11-15)25-12-24-16/h3-6,8-9,11H,2,7,10,12H2,1H3,(H,20,22)(H,21,23). The number of hydrazine groups is 1. The number of aryl methyl sites for hydroxylation is 2. The summed E-state index contributed by atoms with van der Waals surface area (Å²) in [5.41, 5.74) is 7.59. The van der Waals surface area contributed by atoms with Crippen LogP contribution in [0, 0.1) is 0 Å². The van der Waals surface area contributed by atoms with Gasteiger partial charge in [0.25, 0.3) is 5.91 Å². The second kappa shape index (κ2) is 7.70. The SMILES string of the molecule is CCc1ccc(CCC(=O)NNC(=O)c2ccc3c(c2)OCO3)cc1. The van der Waals surface area contributed by atoms with Crippen LogP contribution in [0.4, 0.5) is 0 Å². The van der Waals surface area contributed by atoms with Crippen molar-refractivity contribution < 1.29 is 19.1 Å². The van der Waals surface area contributed by atoms with Gasteiger partial charge in [0.1, 0.15) is 0 Å². The van der Waals surface area contributed by atoms with Crippen molar-refractivity contribution in [3.8, 4) is 11.5 Å². The molecule has 1 aliphatic heterocycles. The number of fused-ring (bicyclic) bond motifs is 1. The Morgan fingerprint density at radius 3 is 2.44 bits per heavy atom. The highest BCUT2D eigenvalue weighted by Crippen LogP contribution is 2.32. The van der Waals surface area contributed by atoms with E-state index in [1.165, 1.54) is 5.56 Å². The Labute approximate surface area is 146 Å². The average molecular weight is 340 g/mol. The molecule has 2 amide bonds. The number of rotatable bonds is 5. The summed E-state index contributed by atoms with van der Waals surface area (Å²) in [5, 5.41) is 0. The molecule has 0 radical (unpaired) electrons. The van der Waals surface area contributed by atoms with E-state index in [-0.39, 0.29) is 12.7 Å². The summed E-state index contributed by atoms with van der Waals surface area (Å²) in [6.07, 6.45) is 1.91. The number of nitrogens with one attached hydrogen (secondary N) is 2. The molecule has 2 aromatic carbocycles. The quantitative estimate of drug-likeness (QED) is 0.819. The van der Waals surface area contributed by atoms with Crippen molar-refractivity contribution in [2.75, 3.05) is 6.79 Å². The van der Waals surface area contributed by atoms with Crippen molar-refractivity contribution in [1.29, 1.82) is 0 Å². The van der Waals surface area contributed by atoms with Crippen molar-refractivity contribution in [1.82, 2.24) is 10.9 Å². The molecular weight excluding hydrogens is 320 g/mol. The van der Waals surface area contributed by atoms with Gasteiger partial charge < -0.3 is 9.47 Å². The summed E-state index contributed by atoms with van der Waals surface area (Å²) in [4.78, 5) is 24.0. The lowest BCUT2D eigenvalue weighted by molar-refractivity contribution is -0.121. The van der Waals surface area contributed by atoms with E-state index in [0.29, 0.717) is 29.9 Å². The lowest BCUT2D eigenvalue weighted by atomic mass is 10.1. The summed E-state index contributed by atoms with van der Waals surface area (Å²) in [6, 6.07) is 13.0. The van der Waals surface area contributed by atoms with Gasteiger partial charge in [0.05, 0.1) is 0 Å². The largest absolute Gasteiger partial charge is 0.454 e. The fraction of sp³-hybridized carbons (Fsp3) is 0.263. The van der Waals surface area contributed by atoms with Gasteiger partial charge >= 0.3 is 0 Å². The fourth-order valence-electron chi connectivity index (χ4n) is 2.50. The molecule has 0 fully saturated rings. The third-order valence-electron chi connectivity index (χ3n) is 4.02. The van der Waals surface area contributed by atoms with Crippen molar-refractivity contribution in [2.24, 2.45) is 0 Å². The number of hydrogen-bond donors (Lipinski definition) is 2. The van der Waals surface area contributed by atoms with Gasteiger partial charge in [-0.2, -0.15) is 0 Å². The summed E-state index contributed by atoms with van der Waals surface area (Å²) in [6.45, 7) is 2.25. The molecule has 0 atom stereocenters. The Bertz CT molecular complexity index is 771. The summed E-state index contributed by atoms with van der Waals surface area (Å²) >= 11 is 0. The molecule has 2 aromatic rings. The Balaban J connectivity index is 1.46. The predicted molar refractivity (Wildman–Crippen MR) is 92.3 cm³/mol. The van der Waals surface area contributed by atoms with Crippen LogP contribution in [-0.4, -0.2) is 18.6 Å². The zero-order chi connectivity index (χ0) is 17.6. The number of carbonyl (C=O) groups excluding carboxylic acids is 2. The van der Waals surface area contributed by atoms with Crippen LogP contribution in [0.3, 0.4) is 0 Å². The van der Waals surface area contributed by atoms with Gasteiger partial charge in [-0.05, 0) is 42.2 Å². The van der Waals surface area contributed by atoms with E-state index in [4.69, 9.17) is 9.47 Å². The van der Waals surface area contributed by atoms with Crippen LogP contribution in [0.15, 0.2) is 42.5 Å². The first-order valence-electron chi connectivity index (χ1n) is 8.22. The number of ether oxygens (including phenoxy) is 2. The molecule has 0 spiro atoms. The highest BCUT2D eigenvalue weighted by atomic mass is 16.7. The van der Waals surface area contributed by atoms with Gasteiger partial charge in [-0.1, -0.05) is 31.2 Å². The van der Waals surface area contributed by atoms with Gasteiger partial charge in [-0.15, -0.1) is 0 Å². The second-order valence-corrected chi connectivity index (χ2v) is 5.74. The van der Waals surface area contributed by atoms with Crippen molar-refractivity contribution >= 4 is 11.8 Å². The Hall–Kier alpha value is -3.02. The summed E-state index contributed by atoms with van der Waals surface area (Å²) < 4.78 is 10.4. The van der Waals surface area contributed by atoms with Crippen LogP contribution in [0.25, 0.3) is 0 Å². The third-order valence-corrected chi connectivity index (χ3v) is 4.02. The highest BCUT2D eigenvalue weighted by molar-refractivity contribution is 5.96. The molecule has 0 unspecified atom stereocenters. The molecule has 1 heterocycles. The molecule has 6 nitrogen and oxygen atoms in total. The molecule has 0 aromatic heterocycles. The average Bonchev–Trinajstić information content (AvgIpc) is 3.12. The predicted octanol–water partition coefficient (Wildman–Crippen LogP) is 2.37. The van der Waals surface area contributed by atoms with Crippen LogP contribution < -0.4 is 20.3 Å². The smallest absolute Gasteiger partial charge is 0.269 e. The number of benzene rings is 2. The van der Waals surface area contributed by atoms with E-state index in [0.717, 1.165) is 12.0 Å². The van der Waals surface area contributed by atoms with Crippen molar-refractivity contribution in [3.63, 3.8) is 0 Å². The van der Waals surface area contributed by atoms with Crippen LogP contribution in [0.2, 0.25) is 0 Å². The molecule has 25 heavy (non-hydrogen) atoms. The molecule has 130 valence electrons. The Kier molecular flexibility index (Phi) is 5.18. The minimum absolute atomic E-state index is 0.149. The Morgan fingerprint density at radius 2 is 1.68 bits per heavy atom. The third kappa shape index (κ3) is 4.29. The first-order valence-corrected chi connectivity index (χ1v) is 8.22. The zero-order valence-electron chi connectivity index (χ0n) is 14.0. The maximum Gasteiger partial charge on any atom is 0.269 e. The number of hydrogen-bond acceptors (Lipinski definition) is 4. The second-order valence-electron chi connectivity index (χ2n) is 5.74. The van der Waals surface area contributed by atoms with E-state index < -0.39 is 5.91 Å². The molecule has 6 heteroatoms. The van der Waals surface area contributed by atoms with Gasteiger partial charge in [0, 0.05) is 12.0 Å². The van der Waals surface area contributed by atoms with Gasteiger partial charge in [0.15, 0.2) is 11.5 Å². The first kappa shape index (κ1) is 16.8. The topological polar surface area (TPSA) is 76.7 Å². The van der Waals surface area contributed by atoms with Crippen LogP contribution in [0.1, 0.15) is 34.8 Å². The molecular formula is C19H20N2O4. The molecule has 0 aliphatic carbocycles. The van der Waals surface area contributed by atoms with E-state index >= 15 is 0 Å². The van der Waals surface area contributed by atoms with Gasteiger partial charge in [0.2, 0.25) is 12.7 Å². The van der Waals surface area contributed by atoms with Crippen LogP contribution in [-0.2, 0) is 17.6 Å². The lowest BCUT2D eigenvalue weighted by Gasteiger charge is -2.08. The van der Waals surface area contributed by atoms with Crippen LogP contribution >= 0.6 is 0 Å².